The molecule has 0 unspecified atom stereocenters. The fourth-order valence-corrected chi connectivity index (χ4v) is 2.91. The minimum Gasteiger partial charge on any atom is -0.465 e. The number of methoxy groups -OCH3 is 1. The number of ether oxygens (including phenoxy) is 1. The molecule has 148 valence electrons. The van der Waals surface area contributed by atoms with Crippen LogP contribution in [0.3, 0.4) is 0 Å². The van der Waals surface area contributed by atoms with Crippen LogP contribution in [-0.2, 0) is 11.2 Å². The second kappa shape index (κ2) is 10.0. The maximum atomic E-state index is 12.6. The fraction of sp³-hybridized carbons (Fsp3) is 0.174. The molecule has 3 aromatic rings. The summed E-state index contributed by atoms with van der Waals surface area (Å²) in [6.07, 6.45) is 5.12. The van der Waals surface area contributed by atoms with Gasteiger partial charge in [-0.05, 0) is 36.6 Å². The third-order valence-electron chi connectivity index (χ3n) is 4.40. The van der Waals surface area contributed by atoms with E-state index >= 15 is 0 Å². The highest BCUT2D eigenvalue weighted by molar-refractivity contribution is 6.08. The molecule has 0 saturated carbocycles. The van der Waals surface area contributed by atoms with E-state index in [1.54, 1.807) is 36.5 Å². The second-order valence-corrected chi connectivity index (χ2v) is 6.47. The SMILES string of the molecule is COC(=O)c1ccccc1NC(=O)c1cncc(NCCCc2ccccc2)c1. The van der Waals surface area contributed by atoms with Crippen LogP contribution in [-0.4, -0.2) is 30.5 Å². The summed E-state index contributed by atoms with van der Waals surface area (Å²) < 4.78 is 4.76. The van der Waals surface area contributed by atoms with Gasteiger partial charge in [-0.3, -0.25) is 9.78 Å². The molecule has 0 aliphatic carbocycles. The Kier molecular flexibility index (Phi) is 6.95. The summed E-state index contributed by atoms with van der Waals surface area (Å²) in [5.41, 5.74) is 3.16. The Bertz CT molecular complexity index is 974. The average molecular weight is 389 g/mol. The van der Waals surface area contributed by atoms with Gasteiger partial charge >= 0.3 is 5.97 Å². The van der Waals surface area contributed by atoms with Crippen molar-refractivity contribution in [3.8, 4) is 0 Å². The number of carbonyl (C=O) groups excluding carboxylic acids is 2. The number of carbonyl (C=O) groups is 2. The Morgan fingerprint density at radius 3 is 2.55 bits per heavy atom. The van der Waals surface area contributed by atoms with E-state index in [2.05, 4.69) is 27.8 Å². The number of para-hydroxylation sites is 1. The topological polar surface area (TPSA) is 80.3 Å². The fourth-order valence-electron chi connectivity index (χ4n) is 2.91. The van der Waals surface area contributed by atoms with E-state index in [1.165, 1.54) is 18.9 Å². The smallest absolute Gasteiger partial charge is 0.339 e. The molecule has 3 rings (SSSR count). The van der Waals surface area contributed by atoms with E-state index in [1.807, 2.05) is 18.2 Å². The van der Waals surface area contributed by atoms with Crippen LogP contribution >= 0.6 is 0 Å². The maximum Gasteiger partial charge on any atom is 0.339 e. The molecule has 1 amide bonds. The zero-order chi connectivity index (χ0) is 20.5. The monoisotopic (exact) mass is 389 g/mol. The summed E-state index contributed by atoms with van der Waals surface area (Å²) in [5.74, 6) is -0.852. The number of pyridine rings is 1. The normalized spacial score (nSPS) is 10.2. The zero-order valence-electron chi connectivity index (χ0n) is 16.2. The van der Waals surface area contributed by atoms with E-state index in [0.717, 1.165) is 25.1 Å². The molecule has 0 aliphatic heterocycles. The van der Waals surface area contributed by atoms with Crippen LogP contribution < -0.4 is 10.6 Å². The van der Waals surface area contributed by atoms with E-state index < -0.39 is 5.97 Å². The van der Waals surface area contributed by atoms with Crippen LogP contribution in [0.1, 0.15) is 32.7 Å². The highest BCUT2D eigenvalue weighted by Gasteiger charge is 2.14. The van der Waals surface area contributed by atoms with Crippen molar-refractivity contribution >= 4 is 23.3 Å². The number of hydrogen-bond acceptors (Lipinski definition) is 5. The van der Waals surface area contributed by atoms with Crippen LogP contribution in [0, 0.1) is 0 Å². The van der Waals surface area contributed by atoms with Crippen molar-refractivity contribution in [2.24, 2.45) is 0 Å². The molecule has 0 atom stereocenters. The molecule has 0 aliphatic rings. The number of nitrogens with one attached hydrogen (secondary N) is 2. The number of nitrogens with zero attached hydrogens (tertiary/aromatic N) is 1. The third kappa shape index (κ3) is 5.65. The van der Waals surface area contributed by atoms with Gasteiger partial charge < -0.3 is 15.4 Å². The highest BCUT2D eigenvalue weighted by atomic mass is 16.5. The predicted octanol–water partition coefficient (Wildman–Crippen LogP) is 4.17. The van der Waals surface area contributed by atoms with Gasteiger partial charge in [-0.25, -0.2) is 4.79 Å². The number of anilines is 2. The van der Waals surface area contributed by atoms with Gasteiger partial charge in [0.1, 0.15) is 0 Å². The van der Waals surface area contributed by atoms with E-state index in [0.29, 0.717) is 16.8 Å². The summed E-state index contributed by atoms with van der Waals surface area (Å²) in [7, 11) is 1.30. The van der Waals surface area contributed by atoms with Crippen molar-refractivity contribution < 1.29 is 14.3 Å². The van der Waals surface area contributed by atoms with Gasteiger partial charge in [-0.1, -0.05) is 42.5 Å². The van der Waals surface area contributed by atoms with E-state index in [9.17, 15) is 9.59 Å². The molecular formula is C23H23N3O3. The Morgan fingerprint density at radius 2 is 1.76 bits per heavy atom. The van der Waals surface area contributed by atoms with Gasteiger partial charge in [0, 0.05) is 18.9 Å². The number of benzene rings is 2. The molecule has 6 nitrogen and oxygen atoms in total. The quantitative estimate of drug-likeness (QED) is 0.447. The lowest BCUT2D eigenvalue weighted by Crippen LogP contribution is -2.16. The lowest BCUT2D eigenvalue weighted by molar-refractivity contribution is 0.0602. The predicted molar refractivity (Wildman–Crippen MR) is 113 cm³/mol. The summed E-state index contributed by atoms with van der Waals surface area (Å²) in [6.45, 7) is 0.771. The van der Waals surface area contributed by atoms with E-state index in [-0.39, 0.29) is 5.91 Å². The summed E-state index contributed by atoms with van der Waals surface area (Å²) >= 11 is 0. The first kappa shape index (κ1) is 20.1. The first-order valence-corrected chi connectivity index (χ1v) is 9.39. The van der Waals surface area contributed by atoms with Crippen LogP contribution in [0.15, 0.2) is 73.1 Å². The first-order valence-electron chi connectivity index (χ1n) is 9.39. The molecule has 0 radical (unpaired) electrons. The minimum absolute atomic E-state index is 0.298. The number of hydrogen-bond donors (Lipinski definition) is 2. The van der Waals surface area contributed by atoms with Gasteiger partial charge in [0.2, 0.25) is 0 Å². The lowest BCUT2D eigenvalue weighted by atomic mass is 10.1. The van der Waals surface area contributed by atoms with Crippen molar-refractivity contribution in [3.05, 3.63) is 89.7 Å². The molecule has 2 aromatic carbocycles. The molecule has 0 fully saturated rings. The molecule has 6 heteroatoms. The number of aryl methyl sites for hydroxylation is 1. The van der Waals surface area contributed by atoms with Gasteiger partial charge in [-0.15, -0.1) is 0 Å². The Balaban J connectivity index is 1.59. The number of aromatic nitrogens is 1. The third-order valence-corrected chi connectivity index (χ3v) is 4.40. The van der Waals surface area contributed by atoms with Crippen molar-refractivity contribution in [1.82, 2.24) is 4.98 Å². The second-order valence-electron chi connectivity index (χ2n) is 6.47. The number of esters is 1. The summed E-state index contributed by atoms with van der Waals surface area (Å²) in [6, 6.07) is 18.7. The molecule has 0 spiro atoms. The van der Waals surface area contributed by atoms with Gasteiger partial charge in [-0.2, -0.15) is 0 Å². The van der Waals surface area contributed by atoms with Gasteiger partial charge in [0.25, 0.3) is 5.91 Å². The molecule has 0 saturated heterocycles. The van der Waals surface area contributed by atoms with Crippen molar-refractivity contribution in [1.29, 1.82) is 0 Å². The van der Waals surface area contributed by atoms with Crippen LogP contribution in [0.5, 0.6) is 0 Å². The molecule has 2 N–H and O–H groups in total. The average Bonchev–Trinajstić information content (AvgIpc) is 2.77. The van der Waals surface area contributed by atoms with E-state index in [4.69, 9.17) is 4.74 Å². The zero-order valence-corrected chi connectivity index (χ0v) is 16.2. The molecule has 0 bridgehead atoms. The number of rotatable bonds is 8. The van der Waals surface area contributed by atoms with Crippen molar-refractivity contribution in [2.75, 3.05) is 24.3 Å². The molecule has 1 aromatic heterocycles. The lowest BCUT2D eigenvalue weighted by Gasteiger charge is -2.11. The summed E-state index contributed by atoms with van der Waals surface area (Å²) in [5, 5.41) is 6.05. The standard InChI is InChI=1S/C23H23N3O3/c1-29-23(28)20-11-5-6-12-21(20)26-22(27)18-14-19(16-24-15-18)25-13-7-10-17-8-3-2-4-9-17/h2-6,8-9,11-12,14-16,25H,7,10,13H2,1H3,(H,26,27). The largest absolute Gasteiger partial charge is 0.465 e. The van der Waals surface area contributed by atoms with Crippen LogP contribution in [0.4, 0.5) is 11.4 Å². The van der Waals surface area contributed by atoms with Crippen LogP contribution in [0.25, 0.3) is 0 Å². The van der Waals surface area contributed by atoms with Crippen LogP contribution in [0.2, 0.25) is 0 Å². The van der Waals surface area contributed by atoms with Gasteiger partial charge in [0.05, 0.1) is 29.6 Å². The highest BCUT2D eigenvalue weighted by Crippen LogP contribution is 2.18. The first-order chi connectivity index (χ1) is 14.2. The maximum absolute atomic E-state index is 12.6. The van der Waals surface area contributed by atoms with Gasteiger partial charge in [0.15, 0.2) is 0 Å². The Morgan fingerprint density at radius 1 is 1.00 bits per heavy atom. The summed E-state index contributed by atoms with van der Waals surface area (Å²) in [4.78, 5) is 28.6. The van der Waals surface area contributed by atoms with Crippen molar-refractivity contribution in [2.45, 2.75) is 12.8 Å². The molecule has 1 heterocycles. The molecular weight excluding hydrogens is 366 g/mol. The minimum atomic E-state index is -0.507. The number of amides is 1. The Hall–Kier alpha value is -3.67. The Labute approximate surface area is 169 Å². The molecule has 29 heavy (non-hydrogen) atoms. The van der Waals surface area contributed by atoms with Crippen molar-refractivity contribution in [3.63, 3.8) is 0 Å².